The zero-order valence-corrected chi connectivity index (χ0v) is 12.6. The third-order valence-electron chi connectivity index (χ3n) is 4.89. The molecule has 2 bridgehead atoms. The number of hydrogen-bond donors (Lipinski definition) is 2. The van der Waals surface area contributed by atoms with Crippen LogP contribution < -0.4 is 10.6 Å². The zero-order chi connectivity index (χ0) is 15.1. The van der Waals surface area contributed by atoms with Gasteiger partial charge in [-0.1, -0.05) is 24.3 Å². The second-order valence-corrected chi connectivity index (χ2v) is 6.41. The molecule has 2 N–H and O–H groups in total. The fraction of sp³-hybridized carbons (Fsp3) is 0.389. The Kier molecular flexibility index (Phi) is 3.26. The van der Waals surface area contributed by atoms with Gasteiger partial charge in [0.1, 0.15) is 5.76 Å². The summed E-state index contributed by atoms with van der Waals surface area (Å²) in [5, 5.41) is 6.57. The van der Waals surface area contributed by atoms with Gasteiger partial charge in [-0.15, -0.1) is 0 Å². The summed E-state index contributed by atoms with van der Waals surface area (Å²) in [5.74, 6) is 1.74. The molecule has 1 aromatic carbocycles. The monoisotopic (exact) mass is 296 g/mol. The largest absolute Gasteiger partial charge is 0.451 e. The molecule has 0 radical (unpaired) electrons. The van der Waals surface area contributed by atoms with Crippen LogP contribution in [0.1, 0.15) is 29.0 Å². The van der Waals surface area contributed by atoms with Crippen LogP contribution in [0.4, 0.5) is 0 Å². The predicted molar refractivity (Wildman–Crippen MR) is 84.6 cm³/mol. The smallest absolute Gasteiger partial charge is 0.287 e. The van der Waals surface area contributed by atoms with Gasteiger partial charge in [-0.2, -0.15) is 0 Å². The van der Waals surface area contributed by atoms with Gasteiger partial charge in [-0.3, -0.25) is 4.79 Å². The maximum absolute atomic E-state index is 12.4. The van der Waals surface area contributed by atoms with Crippen LogP contribution in [-0.4, -0.2) is 24.5 Å². The van der Waals surface area contributed by atoms with Crippen LogP contribution in [0.3, 0.4) is 0 Å². The van der Waals surface area contributed by atoms with Crippen molar-refractivity contribution in [3.8, 4) is 11.3 Å². The van der Waals surface area contributed by atoms with Crippen molar-refractivity contribution in [2.45, 2.75) is 31.8 Å². The number of amides is 1. The Bertz CT molecular complexity index is 707. The summed E-state index contributed by atoms with van der Waals surface area (Å²) in [4.78, 5) is 12.4. The summed E-state index contributed by atoms with van der Waals surface area (Å²) in [6.07, 6.45) is 2.26. The first kappa shape index (κ1) is 13.6. The molecule has 114 valence electrons. The summed E-state index contributed by atoms with van der Waals surface area (Å²) in [6, 6.07) is 12.3. The molecule has 3 atom stereocenters. The molecule has 1 aliphatic heterocycles. The number of furan rings is 1. The molecule has 1 saturated heterocycles. The second kappa shape index (κ2) is 5.29. The lowest BCUT2D eigenvalue weighted by atomic mass is 10.1. The van der Waals surface area contributed by atoms with Gasteiger partial charge < -0.3 is 15.1 Å². The lowest BCUT2D eigenvalue weighted by molar-refractivity contribution is 0.0901. The van der Waals surface area contributed by atoms with Crippen LogP contribution in [0.2, 0.25) is 0 Å². The highest BCUT2D eigenvalue weighted by atomic mass is 16.3. The van der Waals surface area contributed by atoms with Crippen LogP contribution in [-0.2, 0) is 0 Å². The minimum atomic E-state index is -0.112. The van der Waals surface area contributed by atoms with Gasteiger partial charge in [-0.25, -0.2) is 0 Å². The molecule has 1 amide bonds. The lowest BCUT2D eigenvalue weighted by Gasteiger charge is -2.23. The van der Waals surface area contributed by atoms with Crippen LogP contribution in [0.15, 0.2) is 40.8 Å². The molecule has 1 saturated carbocycles. The molecule has 2 aliphatic rings. The van der Waals surface area contributed by atoms with E-state index >= 15 is 0 Å². The highest BCUT2D eigenvalue weighted by molar-refractivity contribution is 5.92. The molecule has 22 heavy (non-hydrogen) atoms. The Morgan fingerprint density at radius 3 is 2.82 bits per heavy atom. The molecule has 4 rings (SSSR count). The number of carbonyl (C=O) groups is 1. The Morgan fingerprint density at radius 1 is 1.23 bits per heavy atom. The Balaban J connectivity index is 1.49. The second-order valence-electron chi connectivity index (χ2n) is 6.41. The maximum atomic E-state index is 12.4. The van der Waals surface area contributed by atoms with Crippen molar-refractivity contribution in [2.24, 2.45) is 5.92 Å². The van der Waals surface area contributed by atoms with Crippen molar-refractivity contribution >= 4 is 5.91 Å². The highest BCUT2D eigenvalue weighted by Crippen LogP contribution is 2.31. The van der Waals surface area contributed by atoms with Crippen molar-refractivity contribution < 1.29 is 9.21 Å². The predicted octanol–water partition coefficient (Wildman–Crippen LogP) is 2.74. The zero-order valence-electron chi connectivity index (χ0n) is 12.6. The molecule has 1 aliphatic carbocycles. The van der Waals surface area contributed by atoms with Crippen molar-refractivity contribution in [3.63, 3.8) is 0 Å². The number of carbonyl (C=O) groups excluding carboxylic acids is 1. The van der Waals surface area contributed by atoms with E-state index in [0.29, 0.717) is 11.8 Å². The summed E-state index contributed by atoms with van der Waals surface area (Å²) in [6.45, 7) is 3.13. The minimum absolute atomic E-state index is 0.112. The first-order valence-electron chi connectivity index (χ1n) is 7.91. The third-order valence-corrected chi connectivity index (χ3v) is 4.89. The van der Waals surface area contributed by atoms with Crippen molar-refractivity contribution in [3.05, 3.63) is 47.7 Å². The molecule has 3 unspecified atom stereocenters. The maximum Gasteiger partial charge on any atom is 0.287 e. The van der Waals surface area contributed by atoms with Crippen molar-refractivity contribution in [1.29, 1.82) is 0 Å². The van der Waals surface area contributed by atoms with Gasteiger partial charge in [0.05, 0.1) is 0 Å². The SMILES string of the molecule is Cc1ccccc1-c1ccc(C(=O)NC2CC3CNC2C3)o1. The van der Waals surface area contributed by atoms with Crippen LogP contribution in [0.5, 0.6) is 0 Å². The van der Waals surface area contributed by atoms with Crippen molar-refractivity contribution in [1.82, 2.24) is 10.6 Å². The molecule has 0 spiro atoms. The normalized spacial score (nSPS) is 26.3. The molecule has 2 fully saturated rings. The van der Waals surface area contributed by atoms with Gasteiger partial charge in [-0.05, 0) is 49.9 Å². The Hall–Kier alpha value is -2.07. The van der Waals surface area contributed by atoms with Crippen LogP contribution >= 0.6 is 0 Å². The number of piperidine rings is 1. The van der Waals surface area contributed by atoms with Gasteiger partial charge in [0.2, 0.25) is 0 Å². The number of rotatable bonds is 3. The number of benzene rings is 1. The molecule has 1 aromatic heterocycles. The van der Waals surface area contributed by atoms with E-state index in [1.54, 1.807) is 6.07 Å². The standard InChI is InChI=1S/C18H20N2O2/c1-11-4-2-3-5-13(11)16-6-7-17(22-16)18(21)20-15-9-12-8-14(15)19-10-12/h2-7,12,14-15,19H,8-10H2,1H3,(H,20,21). The van der Waals surface area contributed by atoms with Gasteiger partial charge in [0.15, 0.2) is 5.76 Å². The van der Waals surface area contributed by atoms with E-state index in [9.17, 15) is 4.79 Å². The number of hydrogen-bond acceptors (Lipinski definition) is 3. The fourth-order valence-electron chi connectivity index (χ4n) is 3.71. The van der Waals surface area contributed by atoms with E-state index in [1.807, 2.05) is 37.3 Å². The van der Waals surface area contributed by atoms with Crippen LogP contribution in [0, 0.1) is 12.8 Å². The first-order valence-corrected chi connectivity index (χ1v) is 7.91. The van der Waals surface area contributed by atoms with E-state index in [0.717, 1.165) is 35.8 Å². The molecule has 4 heteroatoms. The molecule has 4 nitrogen and oxygen atoms in total. The highest BCUT2D eigenvalue weighted by Gasteiger charge is 2.40. The summed E-state index contributed by atoms with van der Waals surface area (Å²) < 4.78 is 5.77. The lowest BCUT2D eigenvalue weighted by Crippen LogP contribution is -2.47. The minimum Gasteiger partial charge on any atom is -0.451 e. The molecule has 2 aromatic rings. The van der Waals surface area contributed by atoms with Gasteiger partial charge in [0.25, 0.3) is 5.91 Å². The average molecular weight is 296 g/mol. The summed E-state index contributed by atoms with van der Waals surface area (Å²) in [7, 11) is 0. The molecule has 2 heterocycles. The summed E-state index contributed by atoms with van der Waals surface area (Å²) in [5.41, 5.74) is 2.17. The third kappa shape index (κ3) is 2.33. The molecular formula is C18H20N2O2. The quantitative estimate of drug-likeness (QED) is 0.915. The Labute approximate surface area is 129 Å². The Morgan fingerprint density at radius 2 is 2.09 bits per heavy atom. The topological polar surface area (TPSA) is 54.3 Å². The fourth-order valence-corrected chi connectivity index (χ4v) is 3.71. The van der Waals surface area contributed by atoms with Crippen LogP contribution in [0.25, 0.3) is 11.3 Å². The molecular weight excluding hydrogens is 276 g/mol. The average Bonchev–Trinajstić information content (AvgIpc) is 3.24. The number of fused-ring (bicyclic) bond motifs is 2. The summed E-state index contributed by atoms with van der Waals surface area (Å²) >= 11 is 0. The van der Waals surface area contributed by atoms with E-state index in [2.05, 4.69) is 10.6 Å². The first-order chi connectivity index (χ1) is 10.7. The van der Waals surface area contributed by atoms with Crippen molar-refractivity contribution in [2.75, 3.05) is 6.54 Å². The number of aryl methyl sites for hydroxylation is 1. The van der Waals surface area contributed by atoms with Gasteiger partial charge in [0, 0.05) is 17.6 Å². The number of nitrogens with one attached hydrogen (secondary N) is 2. The van der Waals surface area contributed by atoms with E-state index in [1.165, 1.54) is 6.42 Å². The van der Waals surface area contributed by atoms with Gasteiger partial charge >= 0.3 is 0 Å². The van der Waals surface area contributed by atoms with E-state index in [4.69, 9.17) is 4.42 Å². The van der Waals surface area contributed by atoms with E-state index < -0.39 is 0 Å². The van der Waals surface area contributed by atoms with E-state index in [-0.39, 0.29) is 11.9 Å².